The SMILES string of the molecule is CC(CC(=O)O)N1C(=O)COc2ccc(CN)cc21. The molecule has 1 amide bonds. The number of benzene rings is 1. The zero-order chi connectivity index (χ0) is 14.0. The van der Waals surface area contributed by atoms with Gasteiger partial charge in [0.15, 0.2) is 6.61 Å². The Morgan fingerprint density at radius 3 is 2.95 bits per heavy atom. The van der Waals surface area contributed by atoms with Crippen LogP contribution in [0, 0.1) is 0 Å². The van der Waals surface area contributed by atoms with Crippen molar-refractivity contribution in [1.29, 1.82) is 0 Å². The van der Waals surface area contributed by atoms with Crippen LogP contribution in [0.1, 0.15) is 18.9 Å². The molecule has 1 aliphatic rings. The minimum Gasteiger partial charge on any atom is -0.482 e. The number of hydrogen-bond donors (Lipinski definition) is 2. The molecule has 0 radical (unpaired) electrons. The molecule has 0 saturated carbocycles. The van der Waals surface area contributed by atoms with Crippen molar-refractivity contribution in [1.82, 2.24) is 0 Å². The minimum atomic E-state index is -0.941. The Balaban J connectivity index is 2.38. The molecule has 2 rings (SSSR count). The van der Waals surface area contributed by atoms with Crippen molar-refractivity contribution in [3.8, 4) is 5.75 Å². The highest BCUT2D eigenvalue weighted by molar-refractivity contribution is 5.98. The van der Waals surface area contributed by atoms with Crippen molar-refractivity contribution >= 4 is 17.6 Å². The number of anilines is 1. The number of rotatable bonds is 4. The lowest BCUT2D eigenvalue weighted by Gasteiger charge is -2.33. The fraction of sp³-hybridized carbons (Fsp3) is 0.385. The Hall–Kier alpha value is -2.08. The molecule has 0 spiro atoms. The lowest BCUT2D eigenvalue weighted by atomic mass is 10.1. The van der Waals surface area contributed by atoms with Gasteiger partial charge in [-0.15, -0.1) is 0 Å². The molecule has 102 valence electrons. The van der Waals surface area contributed by atoms with Crippen molar-refractivity contribution in [3.63, 3.8) is 0 Å². The molecular weight excluding hydrogens is 248 g/mol. The van der Waals surface area contributed by atoms with Crippen molar-refractivity contribution in [3.05, 3.63) is 23.8 Å². The number of aliphatic carboxylic acids is 1. The molecule has 1 aliphatic heterocycles. The smallest absolute Gasteiger partial charge is 0.305 e. The summed E-state index contributed by atoms with van der Waals surface area (Å²) in [6.07, 6.45) is -0.113. The molecule has 6 nitrogen and oxygen atoms in total. The van der Waals surface area contributed by atoms with Gasteiger partial charge in [-0.1, -0.05) is 6.07 Å². The first kappa shape index (κ1) is 13.4. The van der Waals surface area contributed by atoms with E-state index < -0.39 is 12.0 Å². The number of carboxylic acid groups (broad SMARTS) is 1. The molecule has 0 bridgehead atoms. The zero-order valence-corrected chi connectivity index (χ0v) is 10.6. The van der Waals surface area contributed by atoms with E-state index in [1.165, 1.54) is 4.90 Å². The fourth-order valence-corrected chi connectivity index (χ4v) is 2.17. The molecule has 1 aromatic rings. The van der Waals surface area contributed by atoms with E-state index in [4.69, 9.17) is 15.6 Å². The maximum absolute atomic E-state index is 12.0. The number of carbonyl (C=O) groups excluding carboxylic acids is 1. The highest BCUT2D eigenvalue weighted by Gasteiger charge is 2.30. The van der Waals surface area contributed by atoms with Crippen LogP contribution in [0.5, 0.6) is 5.75 Å². The highest BCUT2D eigenvalue weighted by Crippen LogP contribution is 2.34. The normalized spacial score (nSPS) is 15.7. The van der Waals surface area contributed by atoms with Gasteiger partial charge in [0.1, 0.15) is 5.75 Å². The molecule has 0 saturated heterocycles. The molecule has 1 unspecified atom stereocenters. The summed E-state index contributed by atoms with van der Waals surface area (Å²) in [5, 5.41) is 8.86. The van der Waals surface area contributed by atoms with Crippen molar-refractivity contribution in [2.24, 2.45) is 5.73 Å². The zero-order valence-electron chi connectivity index (χ0n) is 10.6. The number of hydrogen-bond acceptors (Lipinski definition) is 4. The monoisotopic (exact) mass is 264 g/mol. The summed E-state index contributed by atoms with van der Waals surface area (Å²) in [6.45, 7) is 1.98. The summed E-state index contributed by atoms with van der Waals surface area (Å²) in [5.41, 5.74) is 7.04. The highest BCUT2D eigenvalue weighted by atomic mass is 16.5. The maximum atomic E-state index is 12.0. The molecular formula is C13H16N2O4. The molecule has 3 N–H and O–H groups in total. The Kier molecular flexibility index (Phi) is 3.71. The van der Waals surface area contributed by atoms with E-state index in [-0.39, 0.29) is 18.9 Å². The van der Waals surface area contributed by atoms with Gasteiger partial charge in [-0.25, -0.2) is 0 Å². The third kappa shape index (κ3) is 2.68. The number of carboxylic acids is 1. The van der Waals surface area contributed by atoms with Crippen LogP contribution in [-0.2, 0) is 16.1 Å². The van der Waals surface area contributed by atoms with Gasteiger partial charge in [0.25, 0.3) is 5.91 Å². The van der Waals surface area contributed by atoms with Crippen LogP contribution < -0.4 is 15.4 Å². The van der Waals surface area contributed by atoms with E-state index in [0.717, 1.165) is 5.56 Å². The first-order valence-electron chi connectivity index (χ1n) is 6.02. The Morgan fingerprint density at radius 1 is 1.58 bits per heavy atom. The predicted octanol–water partition coefficient (Wildman–Crippen LogP) is 0.734. The van der Waals surface area contributed by atoms with E-state index in [1.807, 2.05) is 6.07 Å². The van der Waals surface area contributed by atoms with Crippen molar-refractivity contribution in [2.45, 2.75) is 25.9 Å². The van der Waals surface area contributed by atoms with Gasteiger partial charge < -0.3 is 20.5 Å². The second-order valence-electron chi connectivity index (χ2n) is 4.51. The molecule has 0 aliphatic carbocycles. The van der Waals surface area contributed by atoms with Gasteiger partial charge >= 0.3 is 5.97 Å². The van der Waals surface area contributed by atoms with Crippen LogP contribution in [0.2, 0.25) is 0 Å². The molecule has 1 heterocycles. The second-order valence-corrected chi connectivity index (χ2v) is 4.51. The summed E-state index contributed by atoms with van der Waals surface area (Å²) < 4.78 is 5.34. The van der Waals surface area contributed by atoms with Gasteiger partial charge in [-0.3, -0.25) is 9.59 Å². The van der Waals surface area contributed by atoms with Gasteiger partial charge in [0, 0.05) is 12.6 Å². The average molecular weight is 264 g/mol. The third-order valence-corrected chi connectivity index (χ3v) is 3.05. The average Bonchev–Trinajstić information content (AvgIpc) is 2.36. The van der Waals surface area contributed by atoms with Gasteiger partial charge in [-0.2, -0.15) is 0 Å². The molecule has 0 aromatic heterocycles. The van der Waals surface area contributed by atoms with Crippen LogP contribution in [0.3, 0.4) is 0 Å². The van der Waals surface area contributed by atoms with Crippen LogP contribution in [-0.4, -0.2) is 29.6 Å². The summed E-state index contributed by atoms with van der Waals surface area (Å²) in [6, 6.07) is 4.92. The number of amides is 1. The van der Waals surface area contributed by atoms with Crippen LogP contribution in [0.25, 0.3) is 0 Å². The van der Waals surface area contributed by atoms with Crippen molar-refractivity contribution in [2.75, 3.05) is 11.5 Å². The van der Waals surface area contributed by atoms with Crippen LogP contribution in [0.4, 0.5) is 5.69 Å². The lowest BCUT2D eigenvalue weighted by Crippen LogP contribution is -2.45. The van der Waals surface area contributed by atoms with E-state index in [1.54, 1.807) is 19.1 Å². The summed E-state index contributed by atoms with van der Waals surface area (Å²) in [7, 11) is 0. The predicted molar refractivity (Wildman–Crippen MR) is 69.0 cm³/mol. The molecule has 19 heavy (non-hydrogen) atoms. The van der Waals surface area contributed by atoms with E-state index in [9.17, 15) is 9.59 Å². The summed E-state index contributed by atoms with van der Waals surface area (Å²) in [4.78, 5) is 24.2. The largest absolute Gasteiger partial charge is 0.482 e. The molecule has 1 atom stereocenters. The van der Waals surface area contributed by atoms with E-state index in [2.05, 4.69) is 0 Å². The van der Waals surface area contributed by atoms with Crippen LogP contribution in [0.15, 0.2) is 18.2 Å². The first-order valence-corrected chi connectivity index (χ1v) is 6.02. The summed E-state index contributed by atoms with van der Waals surface area (Å²) >= 11 is 0. The Morgan fingerprint density at radius 2 is 2.32 bits per heavy atom. The molecule has 6 heteroatoms. The van der Waals surface area contributed by atoms with Gasteiger partial charge in [-0.05, 0) is 24.6 Å². The Labute approximate surface area is 110 Å². The van der Waals surface area contributed by atoms with Crippen molar-refractivity contribution < 1.29 is 19.4 Å². The topological polar surface area (TPSA) is 92.9 Å². The standard InChI is InChI=1S/C13H16N2O4/c1-8(4-13(17)18)15-10-5-9(6-14)2-3-11(10)19-7-12(15)16/h2-3,5,8H,4,6-7,14H2,1H3,(H,17,18). The third-order valence-electron chi connectivity index (χ3n) is 3.05. The lowest BCUT2D eigenvalue weighted by molar-refractivity contribution is -0.137. The number of nitrogens with two attached hydrogens (primary N) is 1. The minimum absolute atomic E-state index is 0.0705. The number of nitrogens with zero attached hydrogens (tertiary/aromatic N) is 1. The fourth-order valence-electron chi connectivity index (χ4n) is 2.17. The van der Waals surface area contributed by atoms with Gasteiger partial charge in [0.2, 0.25) is 0 Å². The number of fused-ring (bicyclic) bond motifs is 1. The second kappa shape index (κ2) is 5.27. The van der Waals surface area contributed by atoms with Crippen LogP contribution >= 0.6 is 0 Å². The first-order chi connectivity index (χ1) is 9.02. The molecule has 1 aromatic carbocycles. The molecule has 0 fully saturated rings. The maximum Gasteiger partial charge on any atom is 0.305 e. The quantitative estimate of drug-likeness (QED) is 0.836. The summed E-state index contributed by atoms with van der Waals surface area (Å²) in [5.74, 6) is -0.604. The van der Waals surface area contributed by atoms with Gasteiger partial charge in [0.05, 0.1) is 12.1 Å². The van der Waals surface area contributed by atoms with E-state index >= 15 is 0 Å². The Bertz CT molecular complexity index is 515. The number of ether oxygens (including phenoxy) is 1. The number of carbonyl (C=O) groups is 2. The van der Waals surface area contributed by atoms with E-state index in [0.29, 0.717) is 18.0 Å².